The smallest absolute Gasteiger partial charge is 0.343 e. The van der Waals surface area contributed by atoms with Crippen molar-refractivity contribution in [3.63, 3.8) is 0 Å². The number of hydrogen-bond acceptors (Lipinski definition) is 7. The summed E-state index contributed by atoms with van der Waals surface area (Å²) in [6, 6.07) is 23.1. The lowest BCUT2D eigenvalue weighted by Crippen LogP contribution is -2.21. The lowest BCUT2D eigenvalue weighted by Gasteiger charge is -2.24. The molecule has 1 aliphatic heterocycles. The highest BCUT2D eigenvalue weighted by atomic mass is 35.5. The van der Waals surface area contributed by atoms with Gasteiger partial charge < -0.3 is 19.9 Å². The van der Waals surface area contributed by atoms with Crippen molar-refractivity contribution in [3.8, 4) is 34.7 Å². The standard InChI is InChI=1S/C27H19ClN4O4/c1-34-21-13-17(9-12-20(21)35-27(33)16-5-3-2-4-6-16)22-19(14-29)25(30)36-26-23(22)24(31-32-26)15-7-10-18(28)11-8-15/h2-13,22H,30H2,1H3,(H,31,32)/t22-/m0/s1. The normalized spacial score (nSPS) is 14.4. The van der Waals surface area contributed by atoms with Crippen molar-refractivity contribution >= 4 is 17.6 Å². The fourth-order valence-electron chi connectivity index (χ4n) is 4.10. The highest BCUT2D eigenvalue weighted by Gasteiger charge is 2.36. The number of nitrogens with two attached hydrogens (primary N) is 1. The van der Waals surface area contributed by atoms with Crippen molar-refractivity contribution in [2.75, 3.05) is 7.11 Å². The average molecular weight is 499 g/mol. The molecule has 0 spiro atoms. The van der Waals surface area contributed by atoms with Crippen LogP contribution in [0.3, 0.4) is 0 Å². The summed E-state index contributed by atoms with van der Waals surface area (Å²) in [6.07, 6.45) is 0. The van der Waals surface area contributed by atoms with E-state index in [0.717, 1.165) is 5.56 Å². The highest BCUT2D eigenvalue weighted by molar-refractivity contribution is 6.30. The predicted octanol–water partition coefficient (Wildman–Crippen LogP) is 5.18. The molecular weight excluding hydrogens is 480 g/mol. The lowest BCUT2D eigenvalue weighted by atomic mass is 9.83. The Kier molecular flexibility index (Phi) is 6.07. The van der Waals surface area contributed by atoms with E-state index in [1.807, 2.05) is 18.2 Å². The van der Waals surface area contributed by atoms with Crippen LogP contribution in [0.15, 0.2) is 84.3 Å². The van der Waals surface area contributed by atoms with Crippen molar-refractivity contribution < 1.29 is 19.0 Å². The van der Waals surface area contributed by atoms with E-state index in [-0.39, 0.29) is 23.1 Å². The number of methoxy groups -OCH3 is 1. The second-order valence-electron chi connectivity index (χ2n) is 7.91. The zero-order chi connectivity index (χ0) is 25.2. The van der Waals surface area contributed by atoms with Gasteiger partial charge in [0.15, 0.2) is 11.5 Å². The Bertz CT molecular complexity index is 1520. The number of halogens is 1. The maximum Gasteiger partial charge on any atom is 0.343 e. The van der Waals surface area contributed by atoms with Gasteiger partial charge in [0.2, 0.25) is 11.8 Å². The summed E-state index contributed by atoms with van der Waals surface area (Å²) < 4.78 is 16.8. The summed E-state index contributed by atoms with van der Waals surface area (Å²) in [6.45, 7) is 0. The van der Waals surface area contributed by atoms with E-state index in [0.29, 0.717) is 33.2 Å². The summed E-state index contributed by atoms with van der Waals surface area (Å²) in [5.74, 6) is -0.351. The van der Waals surface area contributed by atoms with Gasteiger partial charge in [0.25, 0.3) is 0 Å². The number of ether oxygens (including phenoxy) is 3. The number of aromatic amines is 1. The predicted molar refractivity (Wildman–Crippen MR) is 133 cm³/mol. The summed E-state index contributed by atoms with van der Waals surface area (Å²) >= 11 is 6.06. The number of hydrogen-bond donors (Lipinski definition) is 2. The number of esters is 1. The van der Waals surface area contributed by atoms with Gasteiger partial charge in [0.1, 0.15) is 11.6 Å². The van der Waals surface area contributed by atoms with E-state index in [9.17, 15) is 10.1 Å². The van der Waals surface area contributed by atoms with Gasteiger partial charge in [-0.15, -0.1) is 5.10 Å². The molecule has 3 aromatic carbocycles. The molecule has 178 valence electrons. The van der Waals surface area contributed by atoms with Crippen LogP contribution in [0.1, 0.15) is 27.4 Å². The van der Waals surface area contributed by atoms with Gasteiger partial charge in [-0.2, -0.15) is 5.26 Å². The van der Waals surface area contributed by atoms with E-state index in [4.69, 9.17) is 31.5 Å². The van der Waals surface area contributed by atoms with Crippen LogP contribution in [-0.2, 0) is 0 Å². The Hall–Kier alpha value is -4.74. The van der Waals surface area contributed by atoms with E-state index in [2.05, 4.69) is 16.3 Å². The minimum absolute atomic E-state index is 0.0392. The van der Waals surface area contributed by atoms with Crippen LogP contribution in [0.4, 0.5) is 0 Å². The SMILES string of the molecule is COc1cc([C@H]2C(C#N)=C(N)Oc3n[nH]c(-c4ccc(Cl)cc4)c32)ccc1OC(=O)c1ccccc1. The van der Waals surface area contributed by atoms with Gasteiger partial charge in [0, 0.05) is 10.6 Å². The Morgan fingerprint density at radius 3 is 2.56 bits per heavy atom. The molecule has 5 rings (SSSR count). The molecule has 1 atom stereocenters. The molecule has 9 heteroatoms. The van der Waals surface area contributed by atoms with Gasteiger partial charge in [-0.1, -0.05) is 48.0 Å². The molecule has 1 aromatic heterocycles. The summed E-state index contributed by atoms with van der Waals surface area (Å²) in [5.41, 5.74) is 9.49. The van der Waals surface area contributed by atoms with Crippen molar-refractivity contribution in [2.45, 2.75) is 5.92 Å². The van der Waals surface area contributed by atoms with Gasteiger partial charge in [-0.3, -0.25) is 5.10 Å². The van der Waals surface area contributed by atoms with Crippen molar-refractivity contribution in [1.82, 2.24) is 10.2 Å². The molecule has 4 aromatic rings. The second-order valence-corrected chi connectivity index (χ2v) is 8.35. The zero-order valence-corrected chi connectivity index (χ0v) is 19.7. The number of nitriles is 1. The number of nitrogens with one attached hydrogen (secondary N) is 1. The van der Waals surface area contributed by atoms with Gasteiger partial charge >= 0.3 is 5.97 Å². The molecule has 36 heavy (non-hydrogen) atoms. The number of nitrogens with zero attached hydrogens (tertiary/aromatic N) is 2. The third-order valence-corrected chi connectivity index (χ3v) is 6.06. The minimum Gasteiger partial charge on any atom is -0.493 e. The van der Waals surface area contributed by atoms with E-state index >= 15 is 0 Å². The molecule has 3 N–H and O–H groups in total. The zero-order valence-electron chi connectivity index (χ0n) is 19.0. The molecule has 0 unspecified atom stereocenters. The number of benzene rings is 3. The monoisotopic (exact) mass is 498 g/mol. The topological polar surface area (TPSA) is 123 Å². The molecule has 0 radical (unpaired) electrons. The third kappa shape index (κ3) is 4.13. The van der Waals surface area contributed by atoms with Crippen LogP contribution < -0.4 is 19.9 Å². The van der Waals surface area contributed by atoms with Crippen LogP contribution in [-0.4, -0.2) is 23.3 Å². The molecule has 2 heterocycles. The molecule has 0 saturated heterocycles. The number of carbonyl (C=O) groups is 1. The molecule has 8 nitrogen and oxygen atoms in total. The fraction of sp³-hybridized carbons (Fsp3) is 0.0741. The van der Waals surface area contributed by atoms with Gasteiger partial charge in [-0.05, 0) is 42.0 Å². The first-order chi connectivity index (χ1) is 17.5. The maximum atomic E-state index is 12.6. The largest absolute Gasteiger partial charge is 0.493 e. The number of fused-ring (bicyclic) bond motifs is 1. The molecule has 1 aliphatic rings. The van der Waals surface area contributed by atoms with E-state index in [1.165, 1.54) is 7.11 Å². The molecule has 0 aliphatic carbocycles. The number of aromatic nitrogens is 2. The van der Waals surface area contributed by atoms with Gasteiger partial charge in [0.05, 0.1) is 29.8 Å². The van der Waals surface area contributed by atoms with Crippen molar-refractivity contribution in [2.24, 2.45) is 5.73 Å². The Morgan fingerprint density at radius 2 is 1.86 bits per heavy atom. The quantitative estimate of drug-likeness (QED) is 0.287. The summed E-state index contributed by atoms with van der Waals surface area (Å²) in [7, 11) is 1.47. The minimum atomic E-state index is -0.615. The molecule has 0 saturated carbocycles. The Balaban J connectivity index is 1.58. The molecule has 0 fully saturated rings. The molecule has 0 amide bonds. The van der Waals surface area contributed by atoms with E-state index < -0.39 is 11.9 Å². The summed E-state index contributed by atoms with van der Waals surface area (Å²) in [4.78, 5) is 12.6. The van der Waals surface area contributed by atoms with Crippen LogP contribution in [0.25, 0.3) is 11.3 Å². The summed E-state index contributed by atoms with van der Waals surface area (Å²) in [5, 5.41) is 17.8. The van der Waals surface area contributed by atoms with Crippen LogP contribution >= 0.6 is 11.6 Å². The number of H-pyrrole nitrogens is 1. The van der Waals surface area contributed by atoms with Gasteiger partial charge in [-0.25, -0.2) is 4.79 Å². The Labute approximate surface area is 211 Å². The maximum absolute atomic E-state index is 12.6. The first kappa shape index (κ1) is 23.0. The number of allylic oxidation sites excluding steroid dienone is 1. The first-order valence-electron chi connectivity index (χ1n) is 10.9. The van der Waals surface area contributed by atoms with Crippen molar-refractivity contribution in [1.29, 1.82) is 5.26 Å². The van der Waals surface area contributed by atoms with Crippen LogP contribution in [0.5, 0.6) is 17.4 Å². The van der Waals surface area contributed by atoms with Crippen LogP contribution in [0.2, 0.25) is 5.02 Å². The molecular formula is C27H19ClN4O4. The second kappa shape index (κ2) is 9.49. The third-order valence-electron chi connectivity index (χ3n) is 5.80. The lowest BCUT2D eigenvalue weighted by molar-refractivity contribution is 0.0729. The van der Waals surface area contributed by atoms with Crippen molar-refractivity contribution in [3.05, 3.63) is 106 Å². The fourth-order valence-corrected chi connectivity index (χ4v) is 4.22. The number of rotatable bonds is 5. The average Bonchev–Trinajstić information content (AvgIpc) is 3.32. The van der Waals surface area contributed by atoms with E-state index in [1.54, 1.807) is 54.6 Å². The first-order valence-corrected chi connectivity index (χ1v) is 11.2. The Morgan fingerprint density at radius 1 is 1.11 bits per heavy atom. The van der Waals surface area contributed by atoms with Crippen LogP contribution in [0, 0.1) is 11.3 Å². The molecule has 0 bridgehead atoms. The number of carbonyl (C=O) groups excluding carboxylic acids is 1. The highest BCUT2D eigenvalue weighted by Crippen LogP contribution is 2.47.